The first kappa shape index (κ1) is 11.4. The van der Waals surface area contributed by atoms with Crippen LogP contribution in [0, 0.1) is 11.6 Å². The van der Waals surface area contributed by atoms with Crippen LogP contribution in [0.25, 0.3) is 0 Å². The molecule has 0 heterocycles. The van der Waals surface area contributed by atoms with Gasteiger partial charge in [0.15, 0.2) is 17.4 Å². The molecular weight excluding hydrogens is 200 g/mol. The van der Waals surface area contributed by atoms with Crippen molar-refractivity contribution in [1.29, 1.82) is 0 Å². The molecule has 0 aliphatic carbocycles. The number of hydrogen-bond donors (Lipinski definition) is 0. The van der Waals surface area contributed by atoms with Crippen molar-refractivity contribution in [2.75, 3.05) is 14.1 Å². The Morgan fingerprint density at radius 3 is 2.60 bits per heavy atom. The van der Waals surface area contributed by atoms with Crippen LogP contribution in [0.1, 0.15) is 10.4 Å². The molecule has 0 N–H and O–H groups in total. The fourth-order valence-corrected chi connectivity index (χ4v) is 1.00. The highest BCUT2D eigenvalue weighted by Gasteiger charge is 2.12. The third-order valence-electron chi connectivity index (χ3n) is 1.74. The van der Waals surface area contributed by atoms with Crippen molar-refractivity contribution in [2.45, 2.75) is 0 Å². The molecule has 15 heavy (non-hydrogen) atoms. The van der Waals surface area contributed by atoms with Crippen molar-refractivity contribution in [3.63, 3.8) is 0 Å². The van der Waals surface area contributed by atoms with Gasteiger partial charge in [-0.05, 0) is 12.1 Å². The van der Waals surface area contributed by atoms with Gasteiger partial charge < -0.3 is 4.90 Å². The van der Waals surface area contributed by atoms with Crippen molar-refractivity contribution in [3.05, 3.63) is 47.7 Å². The van der Waals surface area contributed by atoms with E-state index in [-0.39, 0.29) is 5.56 Å². The number of nitrogens with zero attached hydrogens (tertiary/aromatic N) is 1. The SMILES string of the molecule is CN(C)/C=C/C(=O)c1cccc(F)c1F. The van der Waals surface area contributed by atoms with E-state index < -0.39 is 17.4 Å². The van der Waals surface area contributed by atoms with Gasteiger partial charge in [-0.2, -0.15) is 0 Å². The third-order valence-corrected chi connectivity index (χ3v) is 1.74. The monoisotopic (exact) mass is 211 g/mol. The first-order valence-corrected chi connectivity index (χ1v) is 4.35. The summed E-state index contributed by atoms with van der Waals surface area (Å²) in [5, 5.41) is 0. The van der Waals surface area contributed by atoms with Crippen molar-refractivity contribution in [2.24, 2.45) is 0 Å². The molecule has 0 fully saturated rings. The van der Waals surface area contributed by atoms with Gasteiger partial charge in [0.2, 0.25) is 0 Å². The first-order valence-electron chi connectivity index (χ1n) is 4.35. The molecular formula is C11H11F2NO. The Morgan fingerprint density at radius 2 is 2.00 bits per heavy atom. The van der Waals surface area contributed by atoms with E-state index in [0.29, 0.717) is 0 Å². The molecule has 0 aliphatic heterocycles. The molecule has 0 aromatic heterocycles. The molecule has 0 saturated carbocycles. The van der Waals surface area contributed by atoms with Gasteiger partial charge in [-0.15, -0.1) is 0 Å². The minimum atomic E-state index is -1.11. The normalized spacial score (nSPS) is 10.7. The number of benzene rings is 1. The van der Waals surface area contributed by atoms with E-state index >= 15 is 0 Å². The first-order chi connectivity index (χ1) is 7.02. The van der Waals surface area contributed by atoms with E-state index in [1.54, 1.807) is 19.0 Å². The summed E-state index contributed by atoms with van der Waals surface area (Å²) >= 11 is 0. The van der Waals surface area contributed by atoms with E-state index in [9.17, 15) is 13.6 Å². The molecule has 0 radical (unpaired) electrons. The van der Waals surface area contributed by atoms with Crippen LogP contribution >= 0.6 is 0 Å². The average molecular weight is 211 g/mol. The molecule has 1 rings (SSSR count). The third kappa shape index (κ3) is 2.87. The van der Waals surface area contributed by atoms with Crippen molar-refractivity contribution < 1.29 is 13.6 Å². The standard InChI is InChI=1S/C11H11F2NO/c1-14(2)7-6-10(15)8-4-3-5-9(12)11(8)13/h3-7H,1-2H3/b7-6+. The van der Waals surface area contributed by atoms with E-state index in [1.165, 1.54) is 24.4 Å². The van der Waals surface area contributed by atoms with Crippen LogP contribution in [0.15, 0.2) is 30.5 Å². The number of rotatable bonds is 3. The Kier molecular flexibility index (Phi) is 3.55. The minimum absolute atomic E-state index is 0.256. The zero-order valence-corrected chi connectivity index (χ0v) is 8.50. The highest BCUT2D eigenvalue weighted by atomic mass is 19.2. The number of hydrogen-bond acceptors (Lipinski definition) is 2. The van der Waals surface area contributed by atoms with Crippen LogP contribution in [0.5, 0.6) is 0 Å². The Hall–Kier alpha value is -1.71. The molecule has 1 aromatic carbocycles. The number of carbonyl (C=O) groups excluding carboxylic acids is 1. The Bertz CT molecular complexity index is 400. The minimum Gasteiger partial charge on any atom is -0.383 e. The second-order valence-electron chi connectivity index (χ2n) is 3.24. The van der Waals surface area contributed by atoms with Crippen LogP contribution in [0.3, 0.4) is 0 Å². The largest absolute Gasteiger partial charge is 0.383 e. The van der Waals surface area contributed by atoms with Crippen molar-refractivity contribution in [3.8, 4) is 0 Å². The highest BCUT2D eigenvalue weighted by molar-refractivity contribution is 6.04. The maximum absolute atomic E-state index is 13.1. The van der Waals surface area contributed by atoms with Gasteiger partial charge >= 0.3 is 0 Å². The number of ketones is 1. The van der Waals surface area contributed by atoms with Gasteiger partial charge in [0.25, 0.3) is 0 Å². The summed E-state index contributed by atoms with van der Waals surface area (Å²) in [5.74, 6) is -2.68. The van der Waals surface area contributed by atoms with Crippen molar-refractivity contribution >= 4 is 5.78 Å². The summed E-state index contributed by atoms with van der Waals surface area (Å²) in [5.41, 5.74) is -0.256. The molecule has 1 aromatic rings. The maximum atomic E-state index is 13.1. The average Bonchev–Trinajstić information content (AvgIpc) is 2.18. The van der Waals surface area contributed by atoms with E-state index in [0.717, 1.165) is 6.07 Å². The molecule has 0 bridgehead atoms. The van der Waals surface area contributed by atoms with Crippen LogP contribution in [0.2, 0.25) is 0 Å². The van der Waals surface area contributed by atoms with Gasteiger partial charge in [-0.1, -0.05) is 6.07 Å². The van der Waals surface area contributed by atoms with Gasteiger partial charge in [-0.3, -0.25) is 4.79 Å². The lowest BCUT2D eigenvalue weighted by molar-refractivity contribution is 0.104. The van der Waals surface area contributed by atoms with Gasteiger partial charge in [0.05, 0.1) is 5.56 Å². The van der Waals surface area contributed by atoms with E-state index in [4.69, 9.17) is 0 Å². The lowest BCUT2D eigenvalue weighted by Crippen LogP contribution is -2.05. The van der Waals surface area contributed by atoms with Crippen LogP contribution in [-0.2, 0) is 0 Å². The second kappa shape index (κ2) is 4.68. The fourth-order valence-electron chi connectivity index (χ4n) is 1.00. The quantitative estimate of drug-likeness (QED) is 0.564. The molecule has 80 valence electrons. The molecule has 0 unspecified atom stereocenters. The van der Waals surface area contributed by atoms with Gasteiger partial charge in [0.1, 0.15) is 0 Å². The lowest BCUT2D eigenvalue weighted by Gasteiger charge is -2.03. The molecule has 0 spiro atoms. The smallest absolute Gasteiger partial charge is 0.190 e. The molecule has 0 amide bonds. The van der Waals surface area contributed by atoms with Gasteiger partial charge in [-0.25, -0.2) is 8.78 Å². The summed E-state index contributed by atoms with van der Waals surface area (Å²) in [6, 6.07) is 3.53. The van der Waals surface area contributed by atoms with E-state index in [2.05, 4.69) is 0 Å². The highest BCUT2D eigenvalue weighted by Crippen LogP contribution is 2.12. The van der Waals surface area contributed by atoms with Crippen LogP contribution < -0.4 is 0 Å². The predicted octanol–water partition coefficient (Wildman–Crippen LogP) is 2.22. The van der Waals surface area contributed by atoms with Crippen molar-refractivity contribution in [1.82, 2.24) is 4.90 Å². The molecule has 0 atom stereocenters. The zero-order valence-electron chi connectivity index (χ0n) is 8.50. The topological polar surface area (TPSA) is 20.3 Å². The maximum Gasteiger partial charge on any atom is 0.190 e. The van der Waals surface area contributed by atoms with Crippen LogP contribution in [0.4, 0.5) is 8.78 Å². The summed E-state index contributed by atoms with van der Waals surface area (Å²) in [7, 11) is 3.46. The fraction of sp³-hybridized carbons (Fsp3) is 0.182. The summed E-state index contributed by atoms with van der Waals surface area (Å²) in [6.07, 6.45) is 2.67. The van der Waals surface area contributed by atoms with Gasteiger partial charge in [0, 0.05) is 26.4 Å². The molecule has 0 saturated heterocycles. The number of halogens is 2. The Morgan fingerprint density at radius 1 is 1.33 bits per heavy atom. The second-order valence-corrected chi connectivity index (χ2v) is 3.24. The lowest BCUT2D eigenvalue weighted by atomic mass is 10.1. The zero-order chi connectivity index (χ0) is 11.4. The van der Waals surface area contributed by atoms with Crippen LogP contribution in [-0.4, -0.2) is 24.8 Å². The predicted molar refractivity (Wildman–Crippen MR) is 53.5 cm³/mol. The Balaban J connectivity index is 2.97. The Labute approximate surface area is 86.8 Å². The summed E-state index contributed by atoms with van der Waals surface area (Å²) < 4.78 is 25.9. The number of carbonyl (C=O) groups is 1. The molecule has 4 heteroatoms. The summed E-state index contributed by atoms with van der Waals surface area (Å²) in [6.45, 7) is 0. The van der Waals surface area contributed by atoms with E-state index in [1.807, 2.05) is 0 Å². The number of allylic oxidation sites excluding steroid dienone is 1. The molecule has 2 nitrogen and oxygen atoms in total. The summed E-state index contributed by atoms with van der Waals surface area (Å²) in [4.78, 5) is 13.0. The molecule has 0 aliphatic rings.